The molecule has 2 atom stereocenters. The Kier molecular flexibility index (Phi) is 7.79. The monoisotopic (exact) mass is 454 g/mol. The third-order valence-electron chi connectivity index (χ3n) is 6.66. The average molecular weight is 455 g/mol. The van der Waals surface area contributed by atoms with Gasteiger partial charge in [-0.1, -0.05) is 80.8 Å². The quantitative estimate of drug-likeness (QED) is 0.339. The van der Waals surface area contributed by atoms with Gasteiger partial charge in [-0.05, 0) is 55.7 Å². The van der Waals surface area contributed by atoms with Crippen LogP contribution in [0.3, 0.4) is 0 Å². The Labute approximate surface area is 203 Å². The Morgan fingerprint density at radius 1 is 0.853 bits per heavy atom. The molecule has 1 heterocycles. The van der Waals surface area contributed by atoms with Gasteiger partial charge >= 0.3 is 0 Å². The zero-order chi connectivity index (χ0) is 23.9. The van der Waals surface area contributed by atoms with Crippen LogP contribution >= 0.6 is 0 Å². The molecule has 4 heteroatoms. The van der Waals surface area contributed by atoms with Gasteiger partial charge in [-0.2, -0.15) is 0 Å². The van der Waals surface area contributed by atoms with Crippen LogP contribution < -0.4 is 9.80 Å². The minimum absolute atomic E-state index is 0.00356. The standard InChI is InChI=1S/C30H34N2O2/c1-3-4-5-12-21-29(33)32(25-17-10-7-11-18-25)28-22-23(2)31(27-20-14-13-19-26(27)28)30(34)24-15-8-6-9-16-24/h6-11,13-20,23,28H,3-5,12,21-22H2,1-2H3/t23-,28+/m0/s1. The molecule has 0 unspecified atom stereocenters. The van der Waals surface area contributed by atoms with Crippen molar-refractivity contribution >= 4 is 23.2 Å². The number of hydrogen-bond acceptors (Lipinski definition) is 2. The van der Waals surface area contributed by atoms with Gasteiger partial charge in [0.2, 0.25) is 5.91 Å². The van der Waals surface area contributed by atoms with Crippen molar-refractivity contribution in [2.45, 2.75) is 64.5 Å². The van der Waals surface area contributed by atoms with E-state index < -0.39 is 0 Å². The Bertz CT molecular complexity index is 1100. The fourth-order valence-corrected chi connectivity index (χ4v) is 4.97. The first-order valence-corrected chi connectivity index (χ1v) is 12.5. The smallest absolute Gasteiger partial charge is 0.258 e. The molecule has 176 valence electrons. The van der Waals surface area contributed by atoms with Gasteiger partial charge in [0.25, 0.3) is 5.91 Å². The normalized spacial score (nSPS) is 17.2. The van der Waals surface area contributed by atoms with E-state index in [0.29, 0.717) is 18.4 Å². The molecule has 0 aromatic heterocycles. The van der Waals surface area contributed by atoms with Gasteiger partial charge in [0.05, 0.1) is 6.04 Å². The molecule has 2 amide bonds. The zero-order valence-electron chi connectivity index (χ0n) is 20.2. The van der Waals surface area contributed by atoms with Gasteiger partial charge in [0, 0.05) is 29.4 Å². The van der Waals surface area contributed by atoms with Crippen molar-refractivity contribution in [1.29, 1.82) is 0 Å². The van der Waals surface area contributed by atoms with E-state index in [1.165, 1.54) is 0 Å². The van der Waals surface area contributed by atoms with Gasteiger partial charge in [-0.3, -0.25) is 9.59 Å². The number of rotatable bonds is 8. The molecule has 34 heavy (non-hydrogen) atoms. The lowest BCUT2D eigenvalue weighted by Gasteiger charge is -2.43. The first-order valence-electron chi connectivity index (χ1n) is 12.5. The maximum absolute atomic E-state index is 13.6. The number of unbranched alkanes of at least 4 members (excludes halogenated alkanes) is 3. The molecule has 4 rings (SSSR count). The molecule has 4 nitrogen and oxygen atoms in total. The van der Waals surface area contributed by atoms with Crippen molar-refractivity contribution in [3.05, 3.63) is 96.1 Å². The van der Waals surface area contributed by atoms with E-state index in [1.54, 1.807) is 0 Å². The van der Waals surface area contributed by atoms with E-state index in [9.17, 15) is 9.59 Å². The van der Waals surface area contributed by atoms with Crippen molar-refractivity contribution < 1.29 is 9.59 Å². The number of nitrogens with zero attached hydrogens (tertiary/aromatic N) is 2. The van der Waals surface area contributed by atoms with Gasteiger partial charge in [-0.25, -0.2) is 0 Å². The van der Waals surface area contributed by atoms with Gasteiger partial charge in [0.15, 0.2) is 0 Å². The van der Waals surface area contributed by atoms with Gasteiger partial charge < -0.3 is 9.80 Å². The summed E-state index contributed by atoms with van der Waals surface area (Å²) in [4.78, 5) is 31.0. The number of carbonyl (C=O) groups excluding carboxylic acids is 2. The number of amides is 2. The largest absolute Gasteiger partial charge is 0.305 e. The third-order valence-corrected chi connectivity index (χ3v) is 6.66. The highest BCUT2D eigenvalue weighted by Gasteiger charge is 2.38. The maximum atomic E-state index is 13.6. The number of fused-ring (bicyclic) bond motifs is 1. The van der Waals surface area contributed by atoms with Crippen LogP contribution in [0.2, 0.25) is 0 Å². The van der Waals surface area contributed by atoms with Crippen LogP contribution in [0.15, 0.2) is 84.9 Å². The second-order valence-corrected chi connectivity index (χ2v) is 9.11. The van der Waals surface area contributed by atoms with Crippen molar-refractivity contribution in [2.75, 3.05) is 9.80 Å². The summed E-state index contributed by atoms with van der Waals surface area (Å²) >= 11 is 0. The average Bonchev–Trinajstić information content (AvgIpc) is 2.88. The van der Waals surface area contributed by atoms with Crippen LogP contribution in [0.1, 0.15) is 74.3 Å². The molecule has 1 aliphatic heterocycles. The van der Waals surface area contributed by atoms with E-state index >= 15 is 0 Å². The highest BCUT2D eigenvalue weighted by molar-refractivity contribution is 6.07. The third kappa shape index (κ3) is 5.06. The Morgan fingerprint density at radius 2 is 1.50 bits per heavy atom. The summed E-state index contributed by atoms with van der Waals surface area (Å²) in [5.74, 6) is 0.147. The number of hydrogen-bond donors (Lipinski definition) is 0. The molecule has 0 fully saturated rings. The van der Waals surface area contributed by atoms with Crippen LogP contribution in [0.5, 0.6) is 0 Å². The molecule has 0 spiro atoms. The summed E-state index contributed by atoms with van der Waals surface area (Å²) in [6.07, 6.45) is 5.49. The number of benzene rings is 3. The lowest BCUT2D eigenvalue weighted by Crippen LogP contribution is -2.47. The van der Waals surface area contributed by atoms with Crippen molar-refractivity contribution in [2.24, 2.45) is 0 Å². The summed E-state index contributed by atoms with van der Waals surface area (Å²) < 4.78 is 0. The molecule has 0 bridgehead atoms. The lowest BCUT2D eigenvalue weighted by molar-refractivity contribution is -0.119. The molecule has 3 aromatic carbocycles. The topological polar surface area (TPSA) is 40.6 Å². The van der Waals surface area contributed by atoms with E-state index in [0.717, 1.165) is 42.6 Å². The summed E-state index contributed by atoms with van der Waals surface area (Å²) in [6.45, 7) is 4.26. The van der Waals surface area contributed by atoms with Gasteiger partial charge in [-0.15, -0.1) is 0 Å². The fraction of sp³-hybridized carbons (Fsp3) is 0.333. The van der Waals surface area contributed by atoms with Crippen molar-refractivity contribution in [1.82, 2.24) is 0 Å². The second kappa shape index (κ2) is 11.1. The molecular weight excluding hydrogens is 420 g/mol. The summed E-state index contributed by atoms with van der Waals surface area (Å²) in [6, 6.07) is 27.3. The Hall–Kier alpha value is -3.40. The maximum Gasteiger partial charge on any atom is 0.258 e. The van der Waals surface area contributed by atoms with Crippen LogP contribution in [0, 0.1) is 0 Å². The van der Waals surface area contributed by atoms with Crippen LogP contribution in [0.4, 0.5) is 11.4 Å². The summed E-state index contributed by atoms with van der Waals surface area (Å²) in [5.41, 5.74) is 3.50. The lowest BCUT2D eigenvalue weighted by atomic mass is 9.89. The summed E-state index contributed by atoms with van der Waals surface area (Å²) in [5, 5.41) is 0. The zero-order valence-corrected chi connectivity index (χ0v) is 20.2. The van der Waals surface area contributed by atoms with E-state index in [2.05, 4.69) is 19.9 Å². The number of carbonyl (C=O) groups is 2. The van der Waals surface area contributed by atoms with Crippen LogP contribution in [-0.2, 0) is 4.79 Å². The predicted molar refractivity (Wildman–Crippen MR) is 139 cm³/mol. The van der Waals surface area contributed by atoms with Crippen molar-refractivity contribution in [3.63, 3.8) is 0 Å². The van der Waals surface area contributed by atoms with E-state index in [4.69, 9.17) is 0 Å². The fourth-order valence-electron chi connectivity index (χ4n) is 4.97. The predicted octanol–water partition coefficient (Wildman–Crippen LogP) is 7.17. The molecule has 0 radical (unpaired) electrons. The highest BCUT2D eigenvalue weighted by Crippen LogP contribution is 2.43. The van der Waals surface area contributed by atoms with E-state index in [1.807, 2.05) is 88.7 Å². The van der Waals surface area contributed by atoms with Crippen LogP contribution in [-0.4, -0.2) is 17.9 Å². The minimum Gasteiger partial charge on any atom is -0.305 e. The SMILES string of the molecule is CCCCCCC(=O)N(c1ccccc1)[C@@H]1C[C@H](C)N(C(=O)c2ccccc2)c2ccccc21. The number of para-hydroxylation sites is 2. The Balaban J connectivity index is 1.70. The molecule has 0 saturated heterocycles. The molecule has 0 saturated carbocycles. The minimum atomic E-state index is -0.118. The van der Waals surface area contributed by atoms with Gasteiger partial charge in [0.1, 0.15) is 0 Å². The molecular formula is C30H34N2O2. The van der Waals surface area contributed by atoms with Crippen molar-refractivity contribution in [3.8, 4) is 0 Å². The highest BCUT2D eigenvalue weighted by atomic mass is 16.2. The summed E-state index contributed by atoms with van der Waals surface area (Å²) in [7, 11) is 0. The molecule has 0 N–H and O–H groups in total. The Morgan fingerprint density at radius 3 is 2.21 bits per heavy atom. The second-order valence-electron chi connectivity index (χ2n) is 9.11. The molecule has 1 aliphatic rings. The first kappa shape index (κ1) is 23.7. The molecule has 3 aromatic rings. The number of anilines is 2. The van der Waals surface area contributed by atoms with Crippen LogP contribution in [0.25, 0.3) is 0 Å². The molecule has 0 aliphatic carbocycles. The first-order chi connectivity index (χ1) is 16.6. The van der Waals surface area contributed by atoms with E-state index in [-0.39, 0.29) is 23.9 Å².